The fourth-order valence-corrected chi connectivity index (χ4v) is 2.34. The average Bonchev–Trinajstić information content (AvgIpc) is 2.42. The number of nitro groups is 1. The van der Waals surface area contributed by atoms with Gasteiger partial charge in [-0.15, -0.1) is 0 Å². The molecule has 0 spiro atoms. The summed E-state index contributed by atoms with van der Waals surface area (Å²) < 4.78 is 0.704. The highest BCUT2D eigenvalue weighted by molar-refractivity contribution is 9.10. The Morgan fingerprint density at radius 3 is 2.57 bits per heavy atom. The predicted molar refractivity (Wildman–Crippen MR) is 82.5 cm³/mol. The van der Waals surface area contributed by atoms with Crippen molar-refractivity contribution in [1.82, 2.24) is 0 Å². The summed E-state index contributed by atoms with van der Waals surface area (Å²) in [6.07, 6.45) is 0. The van der Waals surface area contributed by atoms with Crippen LogP contribution in [-0.4, -0.2) is 16.0 Å². The number of carboxylic acid groups (broad SMARTS) is 1. The minimum absolute atomic E-state index is 0.0441. The van der Waals surface area contributed by atoms with E-state index in [1.165, 1.54) is 0 Å². The van der Waals surface area contributed by atoms with E-state index in [-0.39, 0.29) is 22.0 Å². The summed E-state index contributed by atoms with van der Waals surface area (Å²) in [5.41, 5.74) is 0.0393. The molecule has 0 saturated carbocycles. The van der Waals surface area contributed by atoms with Gasteiger partial charge in [-0.2, -0.15) is 0 Å². The van der Waals surface area contributed by atoms with Crippen LogP contribution >= 0.6 is 27.5 Å². The number of halogens is 2. The third kappa shape index (κ3) is 3.32. The van der Waals surface area contributed by atoms with Crippen molar-refractivity contribution in [2.75, 3.05) is 5.32 Å². The van der Waals surface area contributed by atoms with Crippen LogP contribution in [0.15, 0.2) is 40.9 Å². The van der Waals surface area contributed by atoms with Crippen molar-refractivity contribution >= 4 is 50.6 Å². The van der Waals surface area contributed by atoms with E-state index < -0.39 is 10.9 Å². The van der Waals surface area contributed by atoms with Crippen molar-refractivity contribution in [1.29, 1.82) is 0 Å². The zero-order valence-electron chi connectivity index (χ0n) is 10.3. The van der Waals surface area contributed by atoms with E-state index in [0.717, 1.165) is 12.1 Å². The molecular formula is C13H8BrClN2O4. The molecule has 2 aromatic carbocycles. The Bertz CT molecular complexity index is 736. The number of carbonyl (C=O) groups is 1. The highest BCUT2D eigenvalue weighted by atomic mass is 79.9. The van der Waals surface area contributed by atoms with E-state index in [4.69, 9.17) is 11.6 Å². The first-order valence-electron chi connectivity index (χ1n) is 5.63. The third-order valence-electron chi connectivity index (χ3n) is 2.65. The van der Waals surface area contributed by atoms with E-state index >= 15 is 0 Å². The van der Waals surface area contributed by atoms with Crippen molar-refractivity contribution in [3.8, 4) is 0 Å². The second-order valence-electron chi connectivity index (χ2n) is 4.02. The number of aromatic carboxylic acids is 1. The lowest BCUT2D eigenvalue weighted by Crippen LogP contribution is -2.05. The summed E-state index contributed by atoms with van der Waals surface area (Å²) >= 11 is 9.30. The number of rotatable bonds is 4. The molecule has 0 atom stereocenters. The average molecular weight is 372 g/mol. The van der Waals surface area contributed by atoms with Crippen LogP contribution in [0.4, 0.5) is 17.1 Å². The summed E-state index contributed by atoms with van der Waals surface area (Å²) in [7, 11) is 0. The Hall–Kier alpha value is -2.12. The first-order valence-corrected chi connectivity index (χ1v) is 6.80. The number of nitrogens with one attached hydrogen (secondary N) is 1. The van der Waals surface area contributed by atoms with Gasteiger partial charge in [0.05, 0.1) is 26.9 Å². The number of hydrogen-bond acceptors (Lipinski definition) is 4. The summed E-state index contributed by atoms with van der Waals surface area (Å²) in [6, 6.07) is 9.10. The van der Waals surface area contributed by atoms with Crippen LogP contribution in [-0.2, 0) is 0 Å². The van der Waals surface area contributed by atoms with Crippen molar-refractivity contribution in [2.45, 2.75) is 0 Å². The number of non-ortho nitro benzene ring substituents is 1. The zero-order valence-corrected chi connectivity index (χ0v) is 12.7. The van der Waals surface area contributed by atoms with Crippen LogP contribution in [0, 0.1) is 10.1 Å². The van der Waals surface area contributed by atoms with Crippen molar-refractivity contribution in [3.63, 3.8) is 0 Å². The molecule has 0 fully saturated rings. The Labute approximate surface area is 132 Å². The molecule has 0 saturated heterocycles. The van der Waals surface area contributed by atoms with Crippen molar-refractivity contribution in [2.24, 2.45) is 0 Å². The third-order valence-corrected chi connectivity index (χ3v) is 3.64. The minimum atomic E-state index is -1.31. The molecule has 0 bridgehead atoms. The molecule has 0 aromatic heterocycles. The second kappa shape index (κ2) is 6.11. The molecule has 0 aliphatic rings. The molecule has 108 valence electrons. The van der Waals surface area contributed by atoms with Crippen LogP contribution in [0.25, 0.3) is 0 Å². The fraction of sp³-hybridized carbons (Fsp3) is 0. The Kier molecular flexibility index (Phi) is 4.44. The number of nitro benzene ring substituents is 1. The number of hydrogen-bond donors (Lipinski definition) is 2. The van der Waals surface area contributed by atoms with Gasteiger partial charge in [-0.3, -0.25) is 10.1 Å². The number of benzene rings is 2. The van der Waals surface area contributed by atoms with Gasteiger partial charge < -0.3 is 10.4 Å². The number of para-hydroxylation sites is 1. The highest BCUT2D eigenvalue weighted by Gasteiger charge is 2.20. The van der Waals surface area contributed by atoms with Gasteiger partial charge in [-0.25, -0.2) is 4.79 Å². The van der Waals surface area contributed by atoms with Crippen LogP contribution in [0.1, 0.15) is 10.4 Å². The lowest BCUT2D eigenvalue weighted by molar-refractivity contribution is -0.384. The molecule has 0 heterocycles. The van der Waals surface area contributed by atoms with Crippen LogP contribution < -0.4 is 5.32 Å². The first-order chi connectivity index (χ1) is 9.90. The van der Waals surface area contributed by atoms with Gasteiger partial charge in [0.15, 0.2) is 0 Å². The molecule has 2 N–H and O–H groups in total. The topological polar surface area (TPSA) is 92.5 Å². The van der Waals surface area contributed by atoms with Crippen molar-refractivity contribution in [3.05, 3.63) is 61.6 Å². The van der Waals surface area contributed by atoms with Gasteiger partial charge in [-0.05, 0) is 28.1 Å². The molecule has 0 aliphatic carbocycles. The van der Waals surface area contributed by atoms with Crippen molar-refractivity contribution < 1.29 is 14.8 Å². The van der Waals surface area contributed by atoms with Crippen LogP contribution in [0.3, 0.4) is 0 Å². The van der Waals surface area contributed by atoms with Gasteiger partial charge in [0.25, 0.3) is 5.69 Å². The van der Waals surface area contributed by atoms with E-state index in [9.17, 15) is 20.0 Å². The molecule has 2 aromatic rings. The molecule has 0 radical (unpaired) electrons. The SMILES string of the molecule is O=C(O)c1cc([N+](=O)[O-])cc(Cl)c1Nc1ccccc1Br. The van der Waals surface area contributed by atoms with Gasteiger partial charge in [0, 0.05) is 16.6 Å². The van der Waals surface area contributed by atoms with E-state index in [1.54, 1.807) is 24.3 Å². The van der Waals surface area contributed by atoms with Gasteiger partial charge in [0.1, 0.15) is 0 Å². The number of nitrogens with zero attached hydrogens (tertiary/aromatic N) is 1. The molecule has 6 nitrogen and oxygen atoms in total. The molecule has 0 unspecified atom stereocenters. The number of anilines is 2. The molecule has 21 heavy (non-hydrogen) atoms. The summed E-state index contributed by atoms with van der Waals surface area (Å²) in [5, 5.41) is 22.8. The highest BCUT2D eigenvalue weighted by Crippen LogP contribution is 2.35. The van der Waals surface area contributed by atoms with Crippen LogP contribution in [0.5, 0.6) is 0 Å². The quantitative estimate of drug-likeness (QED) is 0.612. The van der Waals surface area contributed by atoms with Gasteiger partial charge >= 0.3 is 5.97 Å². The normalized spacial score (nSPS) is 10.2. The van der Waals surface area contributed by atoms with Crippen LogP contribution in [0.2, 0.25) is 5.02 Å². The van der Waals surface area contributed by atoms with Gasteiger partial charge in [0.2, 0.25) is 0 Å². The monoisotopic (exact) mass is 370 g/mol. The summed E-state index contributed by atoms with van der Waals surface area (Å²) in [4.78, 5) is 21.4. The zero-order chi connectivity index (χ0) is 15.6. The standard InChI is InChI=1S/C13H8BrClN2O4/c14-9-3-1-2-4-11(9)16-12-8(13(18)19)5-7(17(20)21)6-10(12)15/h1-6,16H,(H,18,19). The molecule has 0 amide bonds. The maximum Gasteiger partial charge on any atom is 0.338 e. The Morgan fingerprint density at radius 1 is 1.33 bits per heavy atom. The largest absolute Gasteiger partial charge is 0.478 e. The lowest BCUT2D eigenvalue weighted by atomic mass is 10.1. The lowest BCUT2D eigenvalue weighted by Gasteiger charge is -2.12. The maximum absolute atomic E-state index is 11.3. The Balaban J connectivity index is 2.55. The van der Waals surface area contributed by atoms with E-state index in [2.05, 4.69) is 21.2 Å². The second-order valence-corrected chi connectivity index (χ2v) is 5.28. The fourth-order valence-electron chi connectivity index (χ4n) is 1.69. The molecular weight excluding hydrogens is 364 g/mol. The van der Waals surface area contributed by atoms with Gasteiger partial charge in [-0.1, -0.05) is 23.7 Å². The summed E-state index contributed by atoms with van der Waals surface area (Å²) in [6.45, 7) is 0. The first kappa shape index (κ1) is 15.3. The van der Waals surface area contributed by atoms with E-state index in [0.29, 0.717) is 10.2 Å². The minimum Gasteiger partial charge on any atom is -0.478 e. The molecule has 8 heteroatoms. The predicted octanol–water partition coefficient (Wildman–Crippen LogP) is 4.45. The summed E-state index contributed by atoms with van der Waals surface area (Å²) in [5.74, 6) is -1.31. The maximum atomic E-state index is 11.3. The molecule has 2 rings (SSSR count). The van der Waals surface area contributed by atoms with E-state index in [1.807, 2.05) is 0 Å². The number of carboxylic acids is 1. The molecule has 0 aliphatic heterocycles. The smallest absolute Gasteiger partial charge is 0.338 e. The Morgan fingerprint density at radius 2 is 2.00 bits per heavy atom.